The van der Waals surface area contributed by atoms with Crippen LogP contribution in [0.3, 0.4) is 0 Å². The minimum Gasteiger partial charge on any atom is -0.444 e. The van der Waals surface area contributed by atoms with Gasteiger partial charge < -0.3 is 19.9 Å². The molecule has 3 rings (SSSR count). The molecule has 1 aliphatic heterocycles. The van der Waals surface area contributed by atoms with E-state index in [0.717, 1.165) is 24.9 Å². The number of rotatable bonds is 8. The van der Waals surface area contributed by atoms with Crippen LogP contribution in [-0.4, -0.2) is 65.7 Å². The maximum atomic E-state index is 13.2. The van der Waals surface area contributed by atoms with E-state index in [2.05, 4.69) is 24.1 Å². The molecule has 1 aromatic carbocycles. The lowest BCUT2D eigenvalue weighted by Crippen LogP contribution is -2.42. The molecule has 0 unspecified atom stereocenters. The number of hydrogen-bond donors (Lipinski definition) is 1. The minimum atomic E-state index is -0.507. The number of amides is 2. The fourth-order valence-corrected chi connectivity index (χ4v) is 4.20. The van der Waals surface area contributed by atoms with Gasteiger partial charge in [-0.05, 0) is 51.0 Å². The van der Waals surface area contributed by atoms with Gasteiger partial charge >= 0.3 is 6.09 Å². The Morgan fingerprint density at radius 3 is 2.35 bits per heavy atom. The molecule has 172 valence electrons. The van der Waals surface area contributed by atoms with Crippen molar-refractivity contribution < 1.29 is 14.3 Å². The van der Waals surface area contributed by atoms with E-state index in [9.17, 15) is 9.59 Å². The van der Waals surface area contributed by atoms with Gasteiger partial charge in [-0.25, -0.2) is 4.79 Å². The van der Waals surface area contributed by atoms with E-state index < -0.39 is 5.60 Å². The molecule has 1 aliphatic carbocycles. The Balaban J connectivity index is 1.68. The van der Waals surface area contributed by atoms with Crippen molar-refractivity contribution in [3.8, 4) is 0 Å². The van der Waals surface area contributed by atoms with Gasteiger partial charge in [0.2, 0.25) is 5.91 Å². The summed E-state index contributed by atoms with van der Waals surface area (Å²) in [5.74, 6) is 0.750. The van der Waals surface area contributed by atoms with Crippen LogP contribution >= 0.6 is 0 Å². The van der Waals surface area contributed by atoms with Crippen LogP contribution in [0.15, 0.2) is 30.3 Å². The largest absolute Gasteiger partial charge is 0.444 e. The fourth-order valence-electron chi connectivity index (χ4n) is 4.20. The first-order valence-corrected chi connectivity index (χ1v) is 11.7. The summed E-state index contributed by atoms with van der Waals surface area (Å²) in [4.78, 5) is 29.8. The zero-order valence-corrected chi connectivity index (χ0v) is 19.8. The Kier molecular flexibility index (Phi) is 7.63. The molecule has 0 spiro atoms. The number of ether oxygens (including phenoxy) is 1. The molecule has 1 aromatic rings. The topological polar surface area (TPSA) is 61.9 Å². The number of hydrogen-bond acceptors (Lipinski definition) is 4. The van der Waals surface area contributed by atoms with Crippen molar-refractivity contribution in [2.24, 2.45) is 11.8 Å². The first-order valence-electron chi connectivity index (χ1n) is 11.7. The van der Waals surface area contributed by atoms with E-state index >= 15 is 0 Å². The van der Waals surface area contributed by atoms with E-state index in [4.69, 9.17) is 4.74 Å². The summed E-state index contributed by atoms with van der Waals surface area (Å²) < 4.78 is 5.62. The summed E-state index contributed by atoms with van der Waals surface area (Å²) in [5, 5.41) is 3.53. The van der Waals surface area contributed by atoms with Crippen molar-refractivity contribution in [2.45, 2.75) is 71.6 Å². The van der Waals surface area contributed by atoms with Crippen LogP contribution < -0.4 is 5.32 Å². The monoisotopic (exact) mass is 429 g/mol. The number of benzene rings is 1. The van der Waals surface area contributed by atoms with Gasteiger partial charge in [0, 0.05) is 38.3 Å². The van der Waals surface area contributed by atoms with Crippen molar-refractivity contribution >= 4 is 12.0 Å². The number of likely N-dealkylation sites (tertiary alicyclic amines) is 1. The third-order valence-corrected chi connectivity index (χ3v) is 5.95. The Morgan fingerprint density at radius 1 is 1.13 bits per heavy atom. The molecule has 2 fully saturated rings. The quantitative estimate of drug-likeness (QED) is 0.684. The van der Waals surface area contributed by atoms with Crippen LogP contribution in [0, 0.1) is 11.8 Å². The molecule has 6 heteroatoms. The molecule has 1 N–H and O–H groups in total. The normalized spacial score (nSPS) is 21.4. The van der Waals surface area contributed by atoms with E-state index in [-0.39, 0.29) is 17.9 Å². The summed E-state index contributed by atoms with van der Waals surface area (Å²) >= 11 is 0. The van der Waals surface area contributed by atoms with E-state index in [1.807, 2.05) is 56.0 Å². The van der Waals surface area contributed by atoms with Gasteiger partial charge in [-0.15, -0.1) is 0 Å². The van der Waals surface area contributed by atoms with Gasteiger partial charge in [-0.3, -0.25) is 4.79 Å². The van der Waals surface area contributed by atoms with Crippen molar-refractivity contribution in [2.75, 3.05) is 26.2 Å². The number of carbonyl (C=O) groups is 2. The highest BCUT2D eigenvalue weighted by Crippen LogP contribution is 2.32. The highest BCUT2D eigenvalue weighted by atomic mass is 16.6. The van der Waals surface area contributed by atoms with Crippen LogP contribution in [0.4, 0.5) is 4.79 Å². The first kappa shape index (κ1) is 23.6. The molecular weight excluding hydrogens is 390 g/mol. The second-order valence-electron chi connectivity index (χ2n) is 10.4. The van der Waals surface area contributed by atoms with Gasteiger partial charge in [0.15, 0.2) is 0 Å². The first-order chi connectivity index (χ1) is 14.6. The number of carbonyl (C=O) groups excluding carboxylic acids is 2. The highest BCUT2D eigenvalue weighted by Gasteiger charge is 2.41. The minimum absolute atomic E-state index is 0.194. The van der Waals surface area contributed by atoms with Crippen LogP contribution in [0.2, 0.25) is 0 Å². The summed E-state index contributed by atoms with van der Waals surface area (Å²) in [6.45, 7) is 12.8. The number of nitrogens with one attached hydrogen (secondary N) is 1. The van der Waals surface area contributed by atoms with Crippen molar-refractivity contribution in [3.63, 3.8) is 0 Å². The predicted octanol–water partition coefficient (Wildman–Crippen LogP) is 3.70. The Morgan fingerprint density at radius 2 is 1.77 bits per heavy atom. The second kappa shape index (κ2) is 10.0. The van der Waals surface area contributed by atoms with Crippen molar-refractivity contribution in [1.82, 2.24) is 15.1 Å². The maximum Gasteiger partial charge on any atom is 0.410 e. The zero-order chi connectivity index (χ0) is 22.6. The molecule has 0 bridgehead atoms. The summed E-state index contributed by atoms with van der Waals surface area (Å²) in [6, 6.07) is 10.7. The molecule has 1 heterocycles. The average molecular weight is 430 g/mol. The third kappa shape index (κ3) is 7.23. The van der Waals surface area contributed by atoms with E-state index in [1.54, 1.807) is 0 Å². The SMILES string of the molecule is CC(C)NC[C@@H]1CN(C(=O)OC(C)(C)C)C[C@H]1CN(C(=O)Cc1ccccc1)C1CC1. The van der Waals surface area contributed by atoms with Gasteiger partial charge in [0.1, 0.15) is 5.60 Å². The van der Waals surface area contributed by atoms with Gasteiger partial charge in [0.25, 0.3) is 0 Å². The summed E-state index contributed by atoms with van der Waals surface area (Å²) in [5.41, 5.74) is 0.546. The van der Waals surface area contributed by atoms with Crippen molar-refractivity contribution in [3.05, 3.63) is 35.9 Å². The van der Waals surface area contributed by atoms with E-state index in [1.165, 1.54) is 0 Å². The van der Waals surface area contributed by atoms with Crippen molar-refractivity contribution in [1.29, 1.82) is 0 Å². The maximum absolute atomic E-state index is 13.2. The molecule has 2 atom stereocenters. The fraction of sp³-hybridized carbons (Fsp3) is 0.680. The lowest BCUT2D eigenvalue weighted by molar-refractivity contribution is -0.131. The van der Waals surface area contributed by atoms with Gasteiger partial charge in [-0.2, -0.15) is 0 Å². The smallest absolute Gasteiger partial charge is 0.410 e. The Labute approximate surface area is 187 Å². The lowest BCUT2D eigenvalue weighted by atomic mass is 9.94. The van der Waals surface area contributed by atoms with Crippen LogP contribution in [0.1, 0.15) is 53.0 Å². The van der Waals surface area contributed by atoms with Gasteiger partial charge in [0.05, 0.1) is 6.42 Å². The van der Waals surface area contributed by atoms with Crippen LogP contribution in [0.5, 0.6) is 0 Å². The predicted molar refractivity (Wildman–Crippen MR) is 123 cm³/mol. The standard InChI is InChI=1S/C25H39N3O3/c1-18(2)26-14-20-15-27(24(30)31-25(3,4)5)16-21(20)17-28(22-11-12-22)23(29)13-19-9-7-6-8-10-19/h6-10,18,20-22,26H,11-17H2,1-5H3/t20-,21+/m1/s1. The van der Waals surface area contributed by atoms with Gasteiger partial charge in [-0.1, -0.05) is 44.2 Å². The Bertz CT molecular complexity index is 740. The molecule has 1 saturated heterocycles. The molecule has 2 amide bonds. The molecule has 0 aromatic heterocycles. The average Bonchev–Trinajstić information content (AvgIpc) is 3.43. The highest BCUT2D eigenvalue weighted by molar-refractivity contribution is 5.79. The summed E-state index contributed by atoms with van der Waals surface area (Å²) in [7, 11) is 0. The third-order valence-electron chi connectivity index (χ3n) is 5.95. The molecule has 6 nitrogen and oxygen atoms in total. The molecule has 1 saturated carbocycles. The second-order valence-corrected chi connectivity index (χ2v) is 10.4. The molecular formula is C25H39N3O3. The van der Waals surface area contributed by atoms with E-state index in [0.29, 0.717) is 44.1 Å². The Hall–Kier alpha value is -2.08. The summed E-state index contributed by atoms with van der Waals surface area (Å²) in [6.07, 6.45) is 2.35. The molecule has 31 heavy (non-hydrogen) atoms. The zero-order valence-electron chi connectivity index (χ0n) is 19.8. The lowest BCUT2D eigenvalue weighted by Gasteiger charge is -2.29. The molecule has 2 aliphatic rings. The van der Waals surface area contributed by atoms with Crippen LogP contribution in [0.25, 0.3) is 0 Å². The molecule has 0 radical (unpaired) electrons. The number of nitrogens with zero attached hydrogens (tertiary/aromatic N) is 2. The van der Waals surface area contributed by atoms with Crippen LogP contribution in [-0.2, 0) is 16.0 Å².